The van der Waals surface area contributed by atoms with Crippen LogP contribution in [0.2, 0.25) is 0 Å². The molecule has 0 aliphatic heterocycles. The van der Waals surface area contributed by atoms with Crippen molar-refractivity contribution in [1.29, 1.82) is 5.26 Å². The van der Waals surface area contributed by atoms with Crippen molar-refractivity contribution < 1.29 is 9.53 Å². The van der Waals surface area contributed by atoms with Crippen molar-refractivity contribution in [3.8, 4) is 6.07 Å². The van der Waals surface area contributed by atoms with Gasteiger partial charge >= 0.3 is 6.09 Å². The van der Waals surface area contributed by atoms with Gasteiger partial charge in [0.1, 0.15) is 0 Å². The molecule has 17 heavy (non-hydrogen) atoms. The lowest BCUT2D eigenvalue weighted by Gasteiger charge is -2.02. The van der Waals surface area contributed by atoms with Crippen LogP contribution in [0.5, 0.6) is 0 Å². The average molecular weight is 231 g/mol. The van der Waals surface area contributed by atoms with Gasteiger partial charge in [0.2, 0.25) is 0 Å². The Morgan fingerprint density at radius 2 is 2.12 bits per heavy atom. The second-order valence-corrected chi connectivity index (χ2v) is 3.22. The molecule has 1 amide bonds. The molecular formula is C12H13N3O2. The van der Waals surface area contributed by atoms with Gasteiger partial charge in [-0.3, -0.25) is 0 Å². The number of rotatable bonds is 3. The summed E-state index contributed by atoms with van der Waals surface area (Å²) in [5, 5.41) is 12.5. The molecule has 1 N–H and O–H groups in total. The molecule has 0 aliphatic carbocycles. The molecule has 0 fully saturated rings. The number of amides is 1. The van der Waals surface area contributed by atoms with Crippen LogP contribution in [0, 0.1) is 11.3 Å². The Kier molecular flexibility index (Phi) is 4.70. The van der Waals surface area contributed by atoms with Crippen molar-refractivity contribution in [2.24, 2.45) is 5.10 Å². The molecule has 5 nitrogen and oxygen atoms in total. The summed E-state index contributed by atoms with van der Waals surface area (Å²) in [6.45, 7) is 3.78. The Hall–Kier alpha value is -2.35. The molecule has 0 atom stereocenters. The van der Waals surface area contributed by atoms with Crippen LogP contribution in [0.3, 0.4) is 0 Å². The first-order valence-electron chi connectivity index (χ1n) is 5.15. The third-order valence-electron chi connectivity index (χ3n) is 2.02. The number of carbonyl (C=O) groups is 1. The van der Waals surface area contributed by atoms with E-state index in [9.17, 15) is 4.79 Å². The predicted octanol–water partition coefficient (Wildman–Crippen LogP) is 2.03. The van der Waals surface area contributed by atoms with Crippen LogP contribution in [0.15, 0.2) is 29.4 Å². The summed E-state index contributed by atoms with van der Waals surface area (Å²) >= 11 is 0. The molecule has 0 spiro atoms. The number of nitrogens with zero attached hydrogens (tertiary/aromatic N) is 2. The second kappa shape index (κ2) is 6.28. The topological polar surface area (TPSA) is 74.5 Å². The Balaban J connectivity index is 2.68. The summed E-state index contributed by atoms with van der Waals surface area (Å²) in [5.74, 6) is 0. The normalized spacial score (nSPS) is 10.5. The number of ether oxygens (including phenoxy) is 1. The summed E-state index contributed by atoms with van der Waals surface area (Å²) in [6, 6.07) is 8.95. The van der Waals surface area contributed by atoms with Crippen molar-refractivity contribution in [2.75, 3.05) is 6.61 Å². The molecule has 0 radical (unpaired) electrons. The van der Waals surface area contributed by atoms with Gasteiger partial charge in [-0.1, -0.05) is 12.1 Å². The van der Waals surface area contributed by atoms with Crippen molar-refractivity contribution in [3.05, 3.63) is 35.4 Å². The SMILES string of the molecule is CCOC(=O)NN=C(C)c1ccc(C#N)cc1. The van der Waals surface area contributed by atoms with Crippen LogP contribution in [0.25, 0.3) is 0 Å². The first-order valence-corrected chi connectivity index (χ1v) is 5.15. The van der Waals surface area contributed by atoms with Crippen LogP contribution >= 0.6 is 0 Å². The smallest absolute Gasteiger partial charge is 0.427 e. The minimum absolute atomic E-state index is 0.303. The van der Waals surface area contributed by atoms with E-state index in [0.717, 1.165) is 5.56 Å². The first kappa shape index (κ1) is 12.7. The molecule has 1 aromatic rings. The maximum Gasteiger partial charge on any atom is 0.427 e. The van der Waals surface area contributed by atoms with Gasteiger partial charge in [-0.25, -0.2) is 10.2 Å². The molecule has 0 aromatic heterocycles. The van der Waals surface area contributed by atoms with Crippen LogP contribution in [-0.2, 0) is 4.74 Å². The standard InChI is InChI=1S/C12H13N3O2/c1-3-17-12(16)15-14-9(2)11-6-4-10(8-13)5-7-11/h4-7H,3H2,1-2H3,(H,15,16). The highest BCUT2D eigenvalue weighted by atomic mass is 16.5. The molecule has 0 saturated heterocycles. The lowest BCUT2D eigenvalue weighted by Crippen LogP contribution is -2.20. The maximum absolute atomic E-state index is 11.0. The number of hydrogen-bond acceptors (Lipinski definition) is 4. The highest BCUT2D eigenvalue weighted by Crippen LogP contribution is 2.04. The van der Waals surface area contributed by atoms with Crippen molar-refractivity contribution >= 4 is 11.8 Å². The lowest BCUT2D eigenvalue weighted by atomic mass is 10.1. The Morgan fingerprint density at radius 1 is 1.47 bits per heavy atom. The monoisotopic (exact) mass is 231 g/mol. The molecule has 0 saturated carbocycles. The van der Waals surface area contributed by atoms with Gasteiger partial charge in [-0.15, -0.1) is 0 Å². The Labute approximate surface area is 99.7 Å². The predicted molar refractivity (Wildman–Crippen MR) is 63.5 cm³/mol. The molecule has 0 aliphatic rings. The largest absolute Gasteiger partial charge is 0.449 e. The number of hydrazone groups is 1. The summed E-state index contributed by atoms with van der Waals surface area (Å²) in [6.07, 6.45) is -0.583. The summed E-state index contributed by atoms with van der Waals surface area (Å²) < 4.78 is 4.66. The highest BCUT2D eigenvalue weighted by Gasteiger charge is 2.00. The molecule has 5 heteroatoms. The van der Waals surface area contributed by atoms with Gasteiger partial charge in [0.05, 0.1) is 24.0 Å². The van der Waals surface area contributed by atoms with Gasteiger partial charge in [0.25, 0.3) is 0 Å². The van der Waals surface area contributed by atoms with E-state index in [-0.39, 0.29) is 0 Å². The van der Waals surface area contributed by atoms with Crippen LogP contribution in [0.1, 0.15) is 25.0 Å². The first-order chi connectivity index (χ1) is 8.17. The lowest BCUT2D eigenvalue weighted by molar-refractivity contribution is 0.152. The molecule has 88 valence electrons. The molecule has 1 rings (SSSR count). The molecular weight excluding hydrogens is 218 g/mol. The fourth-order valence-electron chi connectivity index (χ4n) is 1.14. The Bertz CT molecular complexity index is 458. The third-order valence-corrected chi connectivity index (χ3v) is 2.02. The zero-order valence-electron chi connectivity index (χ0n) is 9.73. The zero-order chi connectivity index (χ0) is 12.7. The number of nitrogens with one attached hydrogen (secondary N) is 1. The second-order valence-electron chi connectivity index (χ2n) is 3.22. The van der Waals surface area contributed by atoms with E-state index in [4.69, 9.17) is 5.26 Å². The number of nitriles is 1. The van der Waals surface area contributed by atoms with E-state index in [1.807, 2.05) is 6.07 Å². The van der Waals surface area contributed by atoms with Crippen molar-refractivity contribution in [2.45, 2.75) is 13.8 Å². The van der Waals surface area contributed by atoms with Gasteiger partial charge in [0.15, 0.2) is 0 Å². The van der Waals surface area contributed by atoms with Crippen molar-refractivity contribution in [3.63, 3.8) is 0 Å². The third kappa shape index (κ3) is 3.95. The van der Waals surface area contributed by atoms with E-state index < -0.39 is 6.09 Å². The van der Waals surface area contributed by atoms with E-state index in [0.29, 0.717) is 17.9 Å². The van der Waals surface area contributed by atoms with Crippen LogP contribution in [0.4, 0.5) is 4.79 Å². The zero-order valence-corrected chi connectivity index (χ0v) is 9.73. The van der Waals surface area contributed by atoms with Crippen LogP contribution in [-0.4, -0.2) is 18.4 Å². The summed E-state index contributed by atoms with van der Waals surface area (Å²) in [5.41, 5.74) is 4.33. The van der Waals surface area contributed by atoms with Gasteiger partial charge in [0, 0.05) is 0 Å². The van der Waals surface area contributed by atoms with Gasteiger partial charge in [-0.05, 0) is 31.5 Å². The van der Waals surface area contributed by atoms with Crippen molar-refractivity contribution in [1.82, 2.24) is 5.43 Å². The average Bonchev–Trinajstić information content (AvgIpc) is 2.36. The number of carbonyl (C=O) groups excluding carboxylic acids is 1. The number of benzene rings is 1. The van der Waals surface area contributed by atoms with E-state index in [1.54, 1.807) is 38.1 Å². The van der Waals surface area contributed by atoms with Gasteiger partial charge in [-0.2, -0.15) is 10.4 Å². The quantitative estimate of drug-likeness (QED) is 0.638. The minimum Gasteiger partial charge on any atom is -0.449 e. The fraction of sp³-hybridized carbons (Fsp3) is 0.250. The molecule has 0 bridgehead atoms. The summed E-state index contributed by atoms with van der Waals surface area (Å²) in [7, 11) is 0. The molecule has 0 unspecified atom stereocenters. The van der Waals surface area contributed by atoms with Crippen LogP contribution < -0.4 is 5.43 Å². The fourth-order valence-corrected chi connectivity index (χ4v) is 1.14. The van der Waals surface area contributed by atoms with E-state index in [2.05, 4.69) is 15.3 Å². The maximum atomic E-state index is 11.0. The Morgan fingerprint density at radius 3 is 2.65 bits per heavy atom. The van der Waals surface area contributed by atoms with E-state index in [1.165, 1.54) is 0 Å². The minimum atomic E-state index is -0.583. The molecule has 0 heterocycles. The highest BCUT2D eigenvalue weighted by molar-refractivity contribution is 5.99. The molecule has 1 aromatic carbocycles. The summed E-state index contributed by atoms with van der Waals surface area (Å²) in [4.78, 5) is 11.0. The number of hydrogen-bond donors (Lipinski definition) is 1. The van der Waals surface area contributed by atoms with E-state index >= 15 is 0 Å². The van der Waals surface area contributed by atoms with Gasteiger partial charge < -0.3 is 4.74 Å².